The van der Waals surface area contributed by atoms with Crippen molar-refractivity contribution in [2.75, 3.05) is 5.75 Å². The van der Waals surface area contributed by atoms with Gasteiger partial charge < -0.3 is 4.42 Å². The standard InChI is InChI=1S/C5H7NO4S.ClH/c7-11(8,9)2-1-5-3-10-4-6-5;/h3-4H,1-2H2,(H,7,8,9);1H. The maximum Gasteiger partial charge on any atom is 0.265 e. The SMILES string of the molecule is Cl.O=S(=O)(O)CCc1cocn1. The molecule has 0 atom stereocenters. The van der Waals surface area contributed by atoms with Crippen LogP contribution in [0.5, 0.6) is 0 Å². The molecule has 1 rings (SSSR count). The van der Waals surface area contributed by atoms with E-state index in [9.17, 15) is 8.42 Å². The van der Waals surface area contributed by atoms with Gasteiger partial charge in [-0.3, -0.25) is 4.55 Å². The molecule has 0 bridgehead atoms. The summed E-state index contributed by atoms with van der Waals surface area (Å²) >= 11 is 0. The lowest BCUT2D eigenvalue weighted by molar-refractivity contribution is 0.482. The lowest BCUT2D eigenvalue weighted by Gasteiger charge is -1.91. The zero-order valence-corrected chi connectivity index (χ0v) is 7.64. The Morgan fingerprint density at radius 2 is 2.25 bits per heavy atom. The van der Waals surface area contributed by atoms with Crippen LogP contribution in [0, 0.1) is 0 Å². The van der Waals surface area contributed by atoms with E-state index in [4.69, 9.17) is 4.55 Å². The average Bonchev–Trinajstić information content (AvgIpc) is 2.32. The molecule has 0 saturated carbocycles. The lowest BCUT2D eigenvalue weighted by Crippen LogP contribution is -2.06. The molecule has 70 valence electrons. The Balaban J connectivity index is 0.00000121. The van der Waals surface area contributed by atoms with Crippen molar-refractivity contribution in [1.29, 1.82) is 0 Å². The van der Waals surface area contributed by atoms with E-state index in [2.05, 4.69) is 9.40 Å². The van der Waals surface area contributed by atoms with Crippen LogP contribution in [0.1, 0.15) is 5.69 Å². The molecule has 0 radical (unpaired) electrons. The van der Waals surface area contributed by atoms with Crippen LogP contribution in [0.3, 0.4) is 0 Å². The molecule has 0 spiro atoms. The molecule has 12 heavy (non-hydrogen) atoms. The molecule has 0 fully saturated rings. The second-order valence-electron chi connectivity index (χ2n) is 2.02. The zero-order chi connectivity index (χ0) is 8.32. The van der Waals surface area contributed by atoms with E-state index in [1.54, 1.807) is 0 Å². The van der Waals surface area contributed by atoms with Crippen LogP contribution in [-0.2, 0) is 16.5 Å². The maximum absolute atomic E-state index is 10.2. The summed E-state index contributed by atoms with van der Waals surface area (Å²) in [6.45, 7) is 0. The highest BCUT2D eigenvalue weighted by molar-refractivity contribution is 7.85. The van der Waals surface area contributed by atoms with Crippen molar-refractivity contribution in [3.05, 3.63) is 18.4 Å². The van der Waals surface area contributed by atoms with Crippen LogP contribution in [0.15, 0.2) is 17.1 Å². The number of rotatable bonds is 3. The molecule has 7 heteroatoms. The van der Waals surface area contributed by atoms with Gasteiger partial charge in [0.25, 0.3) is 10.1 Å². The first-order valence-electron chi connectivity index (χ1n) is 2.90. The molecule has 5 nitrogen and oxygen atoms in total. The lowest BCUT2D eigenvalue weighted by atomic mass is 10.4. The Bertz CT molecular complexity index is 306. The van der Waals surface area contributed by atoms with E-state index in [0.717, 1.165) is 0 Å². The second-order valence-corrected chi connectivity index (χ2v) is 3.59. The van der Waals surface area contributed by atoms with Gasteiger partial charge in [0.05, 0.1) is 11.4 Å². The fraction of sp³-hybridized carbons (Fsp3) is 0.400. The van der Waals surface area contributed by atoms with Gasteiger partial charge in [0.2, 0.25) is 0 Å². The first-order chi connectivity index (χ1) is 5.08. The number of aryl methyl sites for hydroxylation is 1. The molecule has 1 heterocycles. The van der Waals surface area contributed by atoms with E-state index < -0.39 is 10.1 Å². The van der Waals surface area contributed by atoms with E-state index in [1.165, 1.54) is 12.7 Å². The molecule has 0 aliphatic rings. The van der Waals surface area contributed by atoms with Crippen molar-refractivity contribution in [2.45, 2.75) is 6.42 Å². The minimum Gasteiger partial charge on any atom is -0.451 e. The third kappa shape index (κ3) is 4.32. The number of hydrogen-bond donors (Lipinski definition) is 1. The van der Waals surface area contributed by atoms with Gasteiger partial charge in [0, 0.05) is 6.42 Å². The molecular weight excluding hydrogens is 206 g/mol. The van der Waals surface area contributed by atoms with Gasteiger partial charge in [-0.15, -0.1) is 12.4 Å². The average molecular weight is 214 g/mol. The summed E-state index contributed by atoms with van der Waals surface area (Å²) < 4.78 is 33.4. The molecule has 0 saturated heterocycles. The van der Waals surface area contributed by atoms with Gasteiger partial charge >= 0.3 is 0 Å². The molecule has 1 aromatic rings. The first kappa shape index (κ1) is 11.4. The second kappa shape index (κ2) is 4.44. The van der Waals surface area contributed by atoms with Gasteiger partial charge in [0.1, 0.15) is 6.26 Å². The molecule has 0 amide bonds. The van der Waals surface area contributed by atoms with Crippen LogP contribution >= 0.6 is 12.4 Å². The fourth-order valence-electron chi connectivity index (χ4n) is 0.595. The van der Waals surface area contributed by atoms with Crippen molar-refractivity contribution in [3.63, 3.8) is 0 Å². The van der Waals surface area contributed by atoms with Crippen LogP contribution in [0.4, 0.5) is 0 Å². The van der Waals surface area contributed by atoms with Gasteiger partial charge in [-0.05, 0) is 0 Å². The van der Waals surface area contributed by atoms with Gasteiger partial charge in [-0.1, -0.05) is 0 Å². The molecule has 0 aliphatic carbocycles. The van der Waals surface area contributed by atoms with E-state index >= 15 is 0 Å². The molecule has 0 aliphatic heterocycles. The van der Waals surface area contributed by atoms with Gasteiger partial charge in [-0.2, -0.15) is 8.42 Å². The van der Waals surface area contributed by atoms with Gasteiger partial charge in [0.15, 0.2) is 6.39 Å². The normalized spacial score (nSPS) is 10.8. The Labute approximate surface area is 76.0 Å². The van der Waals surface area contributed by atoms with Crippen molar-refractivity contribution in [2.24, 2.45) is 0 Å². The third-order valence-corrected chi connectivity index (χ3v) is 1.82. The summed E-state index contributed by atoms with van der Waals surface area (Å²) in [5, 5.41) is 0. The Hall–Kier alpha value is -0.590. The number of halogens is 1. The number of oxazole rings is 1. The molecule has 0 unspecified atom stereocenters. The predicted molar refractivity (Wildman–Crippen MR) is 43.9 cm³/mol. The maximum atomic E-state index is 10.2. The van der Waals surface area contributed by atoms with E-state index in [-0.39, 0.29) is 24.6 Å². The summed E-state index contributed by atoms with van der Waals surface area (Å²) in [4.78, 5) is 3.68. The smallest absolute Gasteiger partial charge is 0.265 e. The summed E-state index contributed by atoms with van der Waals surface area (Å²) in [6.07, 6.45) is 2.72. The van der Waals surface area contributed by atoms with Crippen molar-refractivity contribution < 1.29 is 17.4 Å². The molecule has 0 aromatic carbocycles. The third-order valence-electron chi connectivity index (χ3n) is 1.10. The summed E-state index contributed by atoms with van der Waals surface area (Å²) in [5.74, 6) is -0.320. The molecular formula is C5H8ClNO4S. The highest BCUT2D eigenvalue weighted by Crippen LogP contribution is 1.97. The monoisotopic (exact) mass is 213 g/mol. The van der Waals surface area contributed by atoms with Crippen LogP contribution in [0.2, 0.25) is 0 Å². The largest absolute Gasteiger partial charge is 0.451 e. The summed E-state index contributed by atoms with van der Waals surface area (Å²) in [5.41, 5.74) is 0.516. The van der Waals surface area contributed by atoms with E-state index in [1.807, 2.05) is 0 Å². The van der Waals surface area contributed by atoms with Crippen LogP contribution < -0.4 is 0 Å². The number of aromatic nitrogens is 1. The van der Waals surface area contributed by atoms with Gasteiger partial charge in [-0.25, -0.2) is 4.98 Å². The Kier molecular flexibility index (Phi) is 4.22. The minimum absolute atomic E-state index is 0. The topological polar surface area (TPSA) is 80.4 Å². The highest BCUT2D eigenvalue weighted by Gasteiger charge is 2.05. The minimum atomic E-state index is -3.88. The molecule has 1 N–H and O–H groups in total. The summed E-state index contributed by atoms with van der Waals surface area (Å²) in [7, 11) is -3.88. The number of nitrogens with zero attached hydrogens (tertiary/aromatic N) is 1. The Morgan fingerprint density at radius 3 is 2.67 bits per heavy atom. The van der Waals surface area contributed by atoms with Crippen molar-refractivity contribution in [3.8, 4) is 0 Å². The van der Waals surface area contributed by atoms with Crippen molar-refractivity contribution >= 4 is 22.5 Å². The zero-order valence-electron chi connectivity index (χ0n) is 6.00. The number of hydrogen-bond acceptors (Lipinski definition) is 4. The van der Waals surface area contributed by atoms with Crippen LogP contribution in [0.25, 0.3) is 0 Å². The quantitative estimate of drug-likeness (QED) is 0.741. The fourth-order valence-corrected chi connectivity index (χ4v) is 1.06. The van der Waals surface area contributed by atoms with E-state index in [0.29, 0.717) is 5.69 Å². The highest BCUT2D eigenvalue weighted by atomic mass is 35.5. The first-order valence-corrected chi connectivity index (χ1v) is 4.51. The van der Waals surface area contributed by atoms with Crippen LogP contribution in [-0.4, -0.2) is 23.7 Å². The summed E-state index contributed by atoms with van der Waals surface area (Å²) in [6, 6.07) is 0. The predicted octanol–water partition coefficient (Wildman–Crippen LogP) is 0.527. The molecule has 1 aromatic heterocycles. The van der Waals surface area contributed by atoms with Crippen molar-refractivity contribution in [1.82, 2.24) is 4.98 Å². The Morgan fingerprint density at radius 1 is 1.58 bits per heavy atom.